The number of aromatic amines is 1. The van der Waals surface area contributed by atoms with Gasteiger partial charge < -0.3 is 10.2 Å². The van der Waals surface area contributed by atoms with Crippen LogP contribution in [0.25, 0.3) is 5.57 Å². The zero-order valence-corrected chi connectivity index (χ0v) is 12.6. The molecule has 7 nitrogen and oxygen atoms in total. The van der Waals surface area contributed by atoms with Crippen LogP contribution in [0.4, 0.5) is 11.8 Å². The molecular weight excluding hydrogens is 270 g/mol. The average Bonchev–Trinajstić information content (AvgIpc) is 2.41. The number of rotatable bonds is 6. The van der Waals surface area contributed by atoms with E-state index in [2.05, 4.69) is 26.9 Å². The molecule has 1 rings (SSSR count). The minimum absolute atomic E-state index is 0.126. The van der Waals surface area contributed by atoms with Crippen molar-refractivity contribution in [1.29, 1.82) is 0 Å². The minimum Gasteiger partial charge on any atom is -0.372 e. The Morgan fingerprint density at radius 3 is 2.62 bits per heavy atom. The molecule has 21 heavy (non-hydrogen) atoms. The lowest BCUT2D eigenvalue weighted by atomic mass is 10.1. The molecule has 0 aliphatic heterocycles. The molecule has 0 saturated heterocycles. The molecule has 1 aromatic heterocycles. The number of ketones is 1. The summed E-state index contributed by atoms with van der Waals surface area (Å²) in [5.41, 5.74) is 0.295. The Balaban J connectivity index is 3.26. The fraction of sp³-hybridized carbons (Fsp3) is 0.286. The second-order valence-electron chi connectivity index (χ2n) is 4.54. The Bertz CT molecular complexity index is 656. The summed E-state index contributed by atoms with van der Waals surface area (Å²) >= 11 is 0. The maximum absolute atomic E-state index is 12.1. The van der Waals surface area contributed by atoms with Crippen molar-refractivity contribution in [3.63, 3.8) is 0 Å². The summed E-state index contributed by atoms with van der Waals surface area (Å²) in [7, 11) is 5.26. The number of nitrogens with one attached hydrogen (secondary N) is 2. The maximum atomic E-state index is 12.1. The van der Waals surface area contributed by atoms with Crippen LogP contribution in [0, 0.1) is 0 Å². The Morgan fingerprint density at radius 1 is 1.43 bits per heavy atom. The van der Waals surface area contributed by atoms with Crippen molar-refractivity contribution in [2.24, 2.45) is 4.99 Å². The van der Waals surface area contributed by atoms with Gasteiger partial charge in [0.2, 0.25) is 5.95 Å². The molecule has 0 spiro atoms. The Labute approximate surface area is 123 Å². The van der Waals surface area contributed by atoms with Gasteiger partial charge in [-0.1, -0.05) is 12.7 Å². The maximum Gasteiger partial charge on any atom is 0.262 e. The highest BCUT2D eigenvalue weighted by atomic mass is 16.1. The lowest BCUT2D eigenvalue weighted by Gasteiger charge is -2.08. The molecule has 0 amide bonds. The van der Waals surface area contributed by atoms with Gasteiger partial charge in [-0.15, -0.1) is 0 Å². The molecule has 0 unspecified atom stereocenters. The van der Waals surface area contributed by atoms with E-state index < -0.39 is 0 Å². The highest BCUT2D eigenvalue weighted by molar-refractivity contribution is 5.91. The number of carbonyl (C=O) groups is 1. The summed E-state index contributed by atoms with van der Waals surface area (Å²) < 4.78 is 0. The summed E-state index contributed by atoms with van der Waals surface area (Å²) in [6.45, 7) is 5.21. The first-order valence-electron chi connectivity index (χ1n) is 6.25. The number of anilines is 1. The topological polar surface area (TPSA) is 90.4 Å². The fourth-order valence-electron chi connectivity index (χ4n) is 1.47. The zero-order valence-electron chi connectivity index (χ0n) is 12.6. The molecule has 0 saturated carbocycles. The van der Waals surface area contributed by atoms with Crippen LogP contribution in [0.5, 0.6) is 0 Å². The lowest BCUT2D eigenvalue weighted by molar-refractivity contribution is -0.112. The smallest absolute Gasteiger partial charge is 0.262 e. The summed E-state index contributed by atoms with van der Waals surface area (Å²) in [6, 6.07) is 0. The molecule has 112 valence electrons. The van der Waals surface area contributed by atoms with Gasteiger partial charge in [-0.25, -0.2) is 4.99 Å². The van der Waals surface area contributed by atoms with Crippen molar-refractivity contribution in [3.05, 3.63) is 34.6 Å². The monoisotopic (exact) mass is 289 g/mol. The Kier molecular flexibility index (Phi) is 5.59. The molecule has 1 aromatic rings. The quantitative estimate of drug-likeness (QED) is 0.355. The van der Waals surface area contributed by atoms with Gasteiger partial charge in [0, 0.05) is 21.1 Å². The fourth-order valence-corrected chi connectivity index (χ4v) is 1.47. The van der Waals surface area contributed by atoms with Gasteiger partial charge in [-0.3, -0.25) is 14.6 Å². The average molecular weight is 289 g/mol. The van der Waals surface area contributed by atoms with Crippen molar-refractivity contribution in [3.8, 4) is 0 Å². The van der Waals surface area contributed by atoms with Crippen molar-refractivity contribution in [2.45, 2.75) is 6.92 Å². The number of aliphatic imine (C=N–C) groups is 1. The van der Waals surface area contributed by atoms with E-state index in [-0.39, 0.29) is 22.9 Å². The van der Waals surface area contributed by atoms with Gasteiger partial charge in [-0.05, 0) is 18.6 Å². The number of allylic oxidation sites excluding steroid dienone is 3. The van der Waals surface area contributed by atoms with Gasteiger partial charge >= 0.3 is 0 Å². The molecular formula is C14H19N5O2. The second kappa shape index (κ2) is 7.18. The molecule has 1 heterocycles. The van der Waals surface area contributed by atoms with Crippen LogP contribution in [-0.4, -0.2) is 48.1 Å². The Hall–Kier alpha value is -2.70. The van der Waals surface area contributed by atoms with E-state index in [1.165, 1.54) is 25.4 Å². The number of carbonyl (C=O) groups excluding carboxylic acids is 1. The first-order chi connectivity index (χ1) is 9.85. The van der Waals surface area contributed by atoms with Crippen LogP contribution in [0.15, 0.2) is 28.5 Å². The largest absolute Gasteiger partial charge is 0.372 e. The van der Waals surface area contributed by atoms with Gasteiger partial charge in [0.25, 0.3) is 5.56 Å². The van der Waals surface area contributed by atoms with Crippen LogP contribution < -0.4 is 10.9 Å². The molecule has 0 fully saturated rings. The van der Waals surface area contributed by atoms with Crippen LogP contribution in [-0.2, 0) is 4.79 Å². The van der Waals surface area contributed by atoms with E-state index in [9.17, 15) is 9.59 Å². The van der Waals surface area contributed by atoms with Crippen LogP contribution >= 0.6 is 0 Å². The van der Waals surface area contributed by atoms with Gasteiger partial charge in [0.1, 0.15) is 5.82 Å². The highest BCUT2D eigenvalue weighted by Gasteiger charge is 2.12. The third-order valence-corrected chi connectivity index (χ3v) is 2.40. The van der Waals surface area contributed by atoms with Crippen LogP contribution in [0.1, 0.15) is 12.5 Å². The SMILES string of the molecule is C=C(/C=C/C(C)=O)c1c(NC)nc(/N=C/N(C)C)[nH]c1=O. The highest BCUT2D eigenvalue weighted by Crippen LogP contribution is 2.19. The van der Waals surface area contributed by atoms with E-state index in [0.717, 1.165) is 0 Å². The van der Waals surface area contributed by atoms with Crippen LogP contribution in [0.3, 0.4) is 0 Å². The van der Waals surface area contributed by atoms with E-state index in [0.29, 0.717) is 11.4 Å². The third kappa shape index (κ3) is 4.72. The molecule has 0 atom stereocenters. The van der Waals surface area contributed by atoms with E-state index in [4.69, 9.17) is 0 Å². The van der Waals surface area contributed by atoms with Gasteiger partial charge in [-0.2, -0.15) is 4.98 Å². The molecule has 0 aliphatic rings. The molecule has 0 aliphatic carbocycles. The molecule has 0 aromatic carbocycles. The standard InChI is InChI=1S/C14H19N5O2/c1-9(6-7-10(2)20)11-12(15-3)17-14(18-13(11)21)16-8-19(4)5/h6-8H,1H2,2-5H3,(H2,15,17,18,21)/b7-6+,16-8+. The number of nitrogens with zero attached hydrogens (tertiary/aromatic N) is 3. The number of hydrogen-bond acceptors (Lipinski definition) is 5. The van der Waals surface area contributed by atoms with E-state index >= 15 is 0 Å². The van der Waals surface area contributed by atoms with Crippen LogP contribution in [0.2, 0.25) is 0 Å². The lowest BCUT2D eigenvalue weighted by Crippen LogP contribution is -2.16. The van der Waals surface area contributed by atoms with Crippen molar-refractivity contribution >= 4 is 29.5 Å². The molecule has 0 radical (unpaired) electrons. The minimum atomic E-state index is -0.376. The van der Waals surface area contributed by atoms with E-state index in [1.807, 2.05) is 14.1 Å². The molecule has 2 N–H and O–H groups in total. The first-order valence-corrected chi connectivity index (χ1v) is 6.25. The van der Waals surface area contributed by atoms with Gasteiger partial charge in [0.15, 0.2) is 5.78 Å². The van der Waals surface area contributed by atoms with Crippen molar-refractivity contribution < 1.29 is 4.79 Å². The van der Waals surface area contributed by atoms with Crippen molar-refractivity contribution in [1.82, 2.24) is 14.9 Å². The predicted octanol–water partition coefficient (Wildman–Crippen LogP) is 1.19. The number of hydrogen-bond donors (Lipinski definition) is 2. The number of aromatic nitrogens is 2. The summed E-state index contributed by atoms with van der Waals surface area (Å²) in [6.07, 6.45) is 4.36. The van der Waals surface area contributed by atoms with E-state index in [1.54, 1.807) is 11.9 Å². The number of H-pyrrole nitrogens is 1. The first kappa shape index (κ1) is 16.4. The third-order valence-electron chi connectivity index (χ3n) is 2.40. The Morgan fingerprint density at radius 2 is 2.10 bits per heavy atom. The zero-order chi connectivity index (χ0) is 16.0. The molecule has 0 bridgehead atoms. The predicted molar refractivity (Wildman–Crippen MR) is 85.1 cm³/mol. The summed E-state index contributed by atoms with van der Waals surface area (Å²) in [5, 5.41) is 2.83. The van der Waals surface area contributed by atoms with Crippen molar-refractivity contribution in [2.75, 3.05) is 26.5 Å². The summed E-state index contributed by atoms with van der Waals surface area (Å²) in [4.78, 5) is 35.6. The molecule has 7 heteroatoms. The second-order valence-corrected chi connectivity index (χ2v) is 4.54. The normalized spacial score (nSPS) is 11.0. The van der Waals surface area contributed by atoms with Gasteiger partial charge in [0.05, 0.1) is 11.9 Å². The summed E-state index contributed by atoms with van der Waals surface area (Å²) in [5.74, 6) is 0.409.